The Morgan fingerprint density at radius 2 is 1.89 bits per heavy atom. The minimum atomic E-state index is -0.363. The first-order valence-electron chi connectivity index (χ1n) is 6.32. The number of imide groups is 1. The van der Waals surface area contributed by atoms with Crippen molar-refractivity contribution in [3.05, 3.63) is 29.8 Å². The molecule has 3 rings (SSSR count). The van der Waals surface area contributed by atoms with Gasteiger partial charge in [-0.15, -0.1) is 0 Å². The molecular formula is C14H13N3O2. The first-order valence-corrected chi connectivity index (χ1v) is 6.32. The van der Waals surface area contributed by atoms with Crippen LogP contribution in [0, 0.1) is 17.2 Å². The maximum atomic E-state index is 12.1. The Morgan fingerprint density at radius 1 is 1.21 bits per heavy atom. The Hall–Kier alpha value is -2.35. The molecule has 19 heavy (non-hydrogen) atoms. The van der Waals surface area contributed by atoms with E-state index >= 15 is 0 Å². The lowest BCUT2D eigenvalue weighted by Crippen LogP contribution is -2.55. The van der Waals surface area contributed by atoms with E-state index in [4.69, 9.17) is 5.26 Å². The molecular weight excluding hydrogens is 242 g/mol. The highest BCUT2D eigenvalue weighted by Gasteiger charge is 2.40. The average molecular weight is 255 g/mol. The molecule has 0 aromatic heterocycles. The molecule has 1 heterocycles. The highest BCUT2D eigenvalue weighted by atomic mass is 16.2. The molecule has 0 bridgehead atoms. The van der Waals surface area contributed by atoms with E-state index < -0.39 is 0 Å². The van der Waals surface area contributed by atoms with Crippen molar-refractivity contribution in [3.8, 4) is 6.07 Å². The summed E-state index contributed by atoms with van der Waals surface area (Å²) in [6.45, 7) is 0. The van der Waals surface area contributed by atoms with Crippen LogP contribution in [0.2, 0.25) is 0 Å². The van der Waals surface area contributed by atoms with E-state index in [9.17, 15) is 9.59 Å². The summed E-state index contributed by atoms with van der Waals surface area (Å²) in [6, 6.07) is 8.07. The van der Waals surface area contributed by atoms with E-state index in [0.717, 1.165) is 17.7 Å². The third-order valence-electron chi connectivity index (χ3n) is 3.60. The van der Waals surface area contributed by atoms with Crippen molar-refractivity contribution in [1.82, 2.24) is 5.32 Å². The fourth-order valence-corrected chi connectivity index (χ4v) is 2.40. The van der Waals surface area contributed by atoms with Gasteiger partial charge in [0.25, 0.3) is 0 Å². The molecule has 5 heteroatoms. The number of hydrogen-bond acceptors (Lipinski definition) is 3. The third-order valence-corrected chi connectivity index (χ3v) is 3.60. The van der Waals surface area contributed by atoms with E-state index in [1.807, 2.05) is 6.07 Å². The highest BCUT2D eigenvalue weighted by molar-refractivity contribution is 6.16. The van der Waals surface area contributed by atoms with Crippen LogP contribution in [0.1, 0.15) is 24.8 Å². The van der Waals surface area contributed by atoms with Crippen LogP contribution < -0.4 is 10.2 Å². The SMILES string of the molecule is N#Cc1ccc(N2C(=O)CC(C3CC3)NC2=O)cc1. The first kappa shape index (κ1) is 11.7. The smallest absolute Gasteiger partial charge is 0.328 e. The summed E-state index contributed by atoms with van der Waals surface area (Å²) in [5.74, 6) is 0.293. The predicted molar refractivity (Wildman–Crippen MR) is 68.3 cm³/mol. The number of rotatable bonds is 2. The second-order valence-electron chi connectivity index (χ2n) is 4.99. The number of benzene rings is 1. The molecule has 1 aliphatic heterocycles. The molecule has 0 radical (unpaired) electrons. The number of nitrogens with zero attached hydrogens (tertiary/aromatic N) is 2. The maximum absolute atomic E-state index is 12.1. The zero-order chi connectivity index (χ0) is 13.4. The number of carbonyl (C=O) groups is 2. The average Bonchev–Trinajstić information content (AvgIpc) is 3.23. The van der Waals surface area contributed by atoms with Crippen molar-refractivity contribution in [3.63, 3.8) is 0 Å². The van der Waals surface area contributed by atoms with Gasteiger partial charge in [0.2, 0.25) is 5.91 Å². The van der Waals surface area contributed by atoms with Gasteiger partial charge in [0.05, 0.1) is 17.3 Å². The Bertz CT molecular complexity index is 551. The van der Waals surface area contributed by atoms with Gasteiger partial charge in [-0.1, -0.05) is 0 Å². The second-order valence-corrected chi connectivity index (χ2v) is 4.99. The van der Waals surface area contributed by atoms with Crippen LogP contribution in [0.5, 0.6) is 0 Å². The largest absolute Gasteiger partial charge is 0.334 e. The quantitative estimate of drug-likeness (QED) is 0.875. The van der Waals surface area contributed by atoms with E-state index in [0.29, 0.717) is 23.6 Å². The standard InChI is InChI=1S/C14H13N3O2/c15-8-9-1-5-11(6-2-9)17-13(18)7-12(10-3-4-10)16-14(17)19/h1-2,5-6,10,12H,3-4,7H2,(H,16,19). The molecule has 1 aromatic carbocycles. The number of nitriles is 1. The van der Waals surface area contributed by atoms with E-state index in [1.54, 1.807) is 24.3 Å². The zero-order valence-electron chi connectivity index (χ0n) is 10.3. The Balaban J connectivity index is 1.81. The maximum Gasteiger partial charge on any atom is 0.328 e. The topological polar surface area (TPSA) is 73.2 Å². The summed E-state index contributed by atoms with van der Waals surface area (Å²) in [6.07, 6.45) is 2.54. The van der Waals surface area contributed by atoms with Gasteiger partial charge in [-0.2, -0.15) is 5.26 Å². The molecule has 1 saturated heterocycles. The van der Waals surface area contributed by atoms with Crippen LogP contribution >= 0.6 is 0 Å². The Kier molecular flexibility index (Phi) is 2.71. The molecule has 3 amide bonds. The van der Waals surface area contributed by atoms with Gasteiger partial charge in [0.15, 0.2) is 0 Å². The lowest BCUT2D eigenvalue weighted by molar-refractivity contribution is -0.119. The first-order chi connectivity index (χ1) is 9.19. The monoisotopic (exact) mass is 255 g/mol. The molecule has 96 valence electrons. The summed E-state index contributed by atoms with van der Waals surface area (Å²) < 4.78 is 0. The van der Waals surface area contributed by atoms with Crippen LogP contribution in [0.3, 0.4) is 0 Å². The van der Waals surface area contributed by atoms with Crippen molar-refractivity contribution in [1.29, 1.82) is 5.26 Å². The molecule has 5 nitrogen and oxygen atoms in total. The lowest BCUT2D eigenvalue weighted by atomic mass is 10.1. The second kappa shape index (κ2) is 4.39. The van der Waals surface area contributed by atoms with Gasteiger partial charge in [-0.3, -0.25) is 4.79 Å². The molecule has 2 fully saturated rings. The van der Waals surface area contributed by atoms with Crippen molar-refractivity contribution in [2.75, 3.05) is 4.90 Å². The zero-order valence-corrected chi connectivity index (χ0v) is 10.3. The molecule has 1 saturated carbocycles. The van der Waals surface area contributed by atoms with Gasteiger partial charge in [-0.05, 0) is 43.0 Å². The Labute approximate surface area is 110 Å². The lowest BCUT2D eigenvalue weighted by Gasteiger charge is -2.31. The van der Waals surface area contributed by atoms with Crippen molar-refractivity contribution < 1.29 is 9.59 Å². The van der Waals surface area contributed by atoms with E-state index in [2.05, 4.69) is 5.32 Å². The number of carbonyl (C=O) groups excluding carboxylic acids is 2. The molecule has 1 aromatic rings. The van der Waals surface area contributed by atoms with Gasteiger partial charge in [0.1, 0.15) is 0 Å². The summed E-state index contributed by atoms with van der Waals surface area (Å²) in [4.78, 5) is 25.3. The minimum Gasteiger partial charge on any atom is -0.334 e. The van der Waals surface area contributed by atoms with Crippen LogP contribution in [-0.2, 0) is 4.79 Å². The molecule has 2 aliphatic rings. The van der Waals surface area contributed by atoms with Crippen LogP contribution in [-0.4, -0.2) is 18.0 Å². The predicted octanol–water partition coefficient (Wildman–Crippen LogP) is 1.78. The number of anilines is 1. The van der Waals surface area contributed by atoms with Crippen molar-refractivity contribution in [2.24, 2.45) is 5.92 Å². The van der Waals surface area contributed by atoms with Gasteiger partial charge in [0, 0.05) is 12.5 Å². The molecule has 1 N–H and O–H groups in total. The molecule has 1 aliphatic carbocycles. The molecule has 0 spiro atoms. The summed E-state index contributed by atoms with van der Waals surface area (Å²) in [5, 5.41) is 11.6. The van der Waals surface area contributed by atoms with E-state index in [1.165, 1.54) is 0 Å². The summed E-state index contributed by atoms with van der Waals surface area (Å²) in [5.41, 5.74) is 1.01. The molecule has 1 atom stereocenters. The number of amides is 3. The highest BCUT2D eigenvalue weighted by Crippen LogP contribution is 2.36. The number of nitrogens with one attached hydrogen (secondary N) is 1. The van der Waals surface area contributed by atoms with Crippen LogP contribution in [0.15, 0.2) is 24.3 Å². The van der Waals surface area contributed by atoms with Gasteiger partial charge < -0.3 is 5.32 Å². The van der Waals surface area contributed by atoms with Crippen molar-refractivity contribution >= 4 is 17.6 Å². The van der Waals surface area contributed by atoms with Gasteiger partial charge in [-0.25, -0.2) is 9.69 Å². The van der Waals surface area contributed by atoms with Crippen molar-refractivity contribution in [2.45, 2.75) is 25.3 Å². The fraction of sp³-hybridized carbons (Fsp3) is 0.357. The van der Waals surface area contributed by atoms with Gasteiger partial charge >= 0.3 is 6.03 Å². The number of hydrogen-bond donors (Lipinski definition) is 1. The summed E-state index contributed by atoms with van der Waals surface area (Å²) >= 11 is 0. The van der Waals surface area contributed by atoms with Crippen LogP contribution in [0.4, 0.5) is 10.5 Å². The number of urea groups is 1. The third kappa shape index (κ3) is 2.17. The molecule has 1 unspecified atom stereocenters. The Morgan fingerprint density at radius 3 is 2.42 bits per heavy atom. The fourth-order valence-electron chi connectivity index (χ4n) is 2.40. The summed E-state index contributed by atoms with van der Waals surface area (Å²) in [7, 11) is 0. The van der Waals surface area contributed by atoms with Crippen LogP contribution in [0.25, 0.3) is 0 Å². The normalized spacial score (nSPS) is 22.9. The van der Waals surface area contributed by atoms with E-state index in [-0.39, 0.29) is 18.0 Å². The minimum absolute atomic E-state index is 0.00497.